The van der Waals surface area contributed by atoms with Crippen molar-refractivity contribution in [2.75, 3.05) is 0 Å². The number of unbranched alkanes of at least 4 members (excludes halogenated alkanes) is 14. The average molecular weight is 1230 g/mol. The molecule has 4 heterocycles. The fraction of sp³-hybridized carbons (Fsp3) is 1.00. The first-order valence-electron chi connectivity index (χ1n) is 25.2. The summed E-state index contributed by atoms with van der Waals surface area (Å²) in [5, 5.41) is 0. The van der Waals surface area contributed by atoms with E-state index in [1.54, 1.807) is 0 Å². The summed E-state index contributed by atoms with van der Waals surface area (Å²) in [5.74, 6) is 0. The van der Waals surface area contributed by atoms with Crippen molar-refractivity contribution in [3.05, 3.63) is 0 Å². The van der Waals surface area contributed by atoms with Crippen LogP contribution in [0.1, 0.15) is 103 Å². The van der Waals surface area contributed by atoms with Gasteiger partial charge >= 0.3 is 143 Å². The highest BCUT2D eigenvalue weighted by molar-refractivity contribution is 7.35. The largest absolute Gasteiger partial charge is 0.415 e. The maximum Gasteiger partial charge on any atom is 0.362 e. The highest BCUT2D eigenvalue weighted by Gasteiger charge is 2.63. The summed E-state index contributed by atoms with van der Waals surface area (Å²) in [5.41, 5.74) is 0. The third-order valence-electron chi connectivity index (χ3n) is 12.2. The van der Waals surface area contributed by atoms with Crippen LogP contribution >= 0.6 is 0 Å². The first-order valence-corrected chi connectivity index (χ1v) is 59.1. The van der Waals surface area contributed by atoms with Crippen LogP contribution in [0.25, 0.3) is 0 Å². The Kier molecular flexibility index (Phi) is 28.1. The Morgan fingerprint density at radius 3 is 0.603 bits per heavy atom. The molecule has 0 atom stereocenters. The maximum atomic E-state index is 6.82. The lowest BCUT2D eigenvalue weighted by Gasteiger charge is -2.47. The van der Waals surface area contributed by atoms with Gasteiger partial charge in [-0.1, -0.05) is 103 Å². The molecule has 4 aliphatic rings. The van der Waals surface area contributed by atoms with Gasteiger partial charge < -0.3 is 65.8 Å². The van der Waals surface area contributed by atoms with Crippen molar-refractivity contribution in [1.29, 1.82) is 0 Å². The molecule has 4 rings (SSSR count). The normalized spacial score (nSPS) is 31.9. The predicted molar refractivity (Wildman–Crippen MR) is 296 cm³/mol. The maximum absolute atomic E-state index is 6.82. The second kappa shape index (κ2) is 30.1. The molecule has 4 saturated heterocycles. The molecule has 0 aromatic heterocycles. The van der Waals surface area contributed by atoms with Crippen LogP contribution in [0.5, 0.6) is 0 Å². The predicted octanol–water partition coefficient (Wildman–Crippen LogP) is 10.2. The van der Waals surface area contributed by atoms with Gasteiger partial charge in [0.2, 0.25) is 0 Å². The Balaban J connectivity index is 1.04. The first-order chi connectivity index (χ1) is 31.8. The van der Waals surface area contributed by atoms with Crippen LogP contribution < -0.4 is 0 Å². The van der Waals surface area contributed by atoms with Gasteiger partial charge in [-0.3, -0.25) is 0 Å². The van der Waals surface area contributed by atoms with E-state index in [-0.39, 0.29) is 0 Å². The second-order valence-corrected chi connectivity index (χ2v) is 62.8. The van der Waals surface area contributed by atoms with Crippen LogP contribution in [0, 0.1) is 0 Å². The third kappa shape index (κ3) is 22.8. The Morgan fingerprint density at radius 1 is 0.206 bits per heavy atom. The van der Waals surface area contributed by atoms with Gasteiger partial charge in [0, 0.05) is 0 Å². The Labute approximate surface area is 437 Å². The van der Waals surface area contributed by atoms with Crippen molar-refractivity contribution in [1.82, 2.24) is 0 Å². The molecule has 0 aromatic carbocycles. The minimum atomic E-state index is -2.97. The highest BCUT2D eigenvalue weighted by atomic mass is 29.3. The molecule has 4 fully saturated rings. The lowest BCUT2D eigenvalue weighted by Crippen LogP contribution is -2.74. The average Bonchev–Trinajstić information content (AvgIpc) is 3.16. The van der Waals surface area contributed by atoms with Crippen molar-refractivity contribution < 1.29 is 65.8 Å². The van der Waals surface area contributed by atoms with Gasteiger partial charge in [0.1, 0.15) is 0 Å². The molecule has 0 bridgehead atoms. The van der Waals surface area contributed by atoms with Gasteiger partial charge in [0.25, 0.3) is 0 Å². The molecule has 4 aliphatic heterocycles. The second-order valence-electron chi connectivity index (χ2n) is 19.6. The van der Waals surface area contributed by atoms with Crippen molar-refractivity contribution in [2.45, 2.75) is 232 Å². The number of hydrogen-bond donors (Lipinski definition) is 0. The standard InChI is InChI=1S/C36H88O16Si16/c1-53-37-55(3)41-63(11,42-56(4)38-53)33-29-25-21-17-18-22-26-30-34-64(12)43-59(7)45-65(13,46-60(8)44-64)35-31-27-23-19-20-24-28-32-36-66(14)47-61(9)51-68(16,52-62(10)48-66)67(15)49-57(5)39-54(2)40-58(6)50-67/h17-36H2,1-16H3. The molecule has 68 heavy (non-hydrogen) atoms. The van der Waals surface area contributed by atoms with Crippen molar-refractivity contribution >= 4 is 143 Å². The number of rotatable bonds is 23. The Bertz CT molecular complexity index is 1390. The van der Waals surface area contributed by atoms with Gasteiger partial charge in [0.15, 0.2) is 0 Å². The van der Waals surface area contributed by atoms with E-state index in [1.165, 1.54) is 77.0 Å². The highest BCUT2D eigenvalue weighted by Crippen LogP contribution is 2.34. The zero-order valence-corrected chi connectivity index (χ0v) is 60.7. The zero-order valence-electron chi connectivity index (χ0n) is 44.7. The van der Waals surface area contributed by atoms with E-state index < -0.39 is 143 Å². The molecule has 0 unspecified atom stereocenters. The summed E-state index contributed by atoms with van der Waals surface area (Å²) in [4.78, 5) is 0. The Hall–Kier alpha value is 2.83. The molecule has 10 radical (unpaired) electrons. The molecule has 0 aromatic rings. The van der Waals surface area contributed by atoms with Crippen molar-refractivity contribution in [3.63, 3.8) is 0 Å². The minimum absolute atomic E-state index is 0.946. The lowest BCUT2D eigenvalue weighted by molar-refractivity contribution is 0.238. The molecular formula is C36H88O16Si16. The molecule has 0 saturated carbocycles. The quantitative estimate of drug-likeness (QED) is 0.0705. The lowest BCUT2D eigenvalue weighted by atomic mass is 10.1. The van der Waals surface area contributed by atoms with E-state index >= 15 is 0 Å². The van der Waals surface area contributed by atoms with Crippen LogP contribution in [0.3, 0.4) is 0 Å². The fourth-order valence-corrected chi connectivity index (χ4v) is 74.4. The summed E-state index contributed by atoms with van der Waals surface area (Å²) in [6.07, 6.45) is 19.4. The van der Waals surface area contributed by atoms with E-state index in [0.717, 1.165) is 49.9 Å². The van der Waals surface area contributed by atoms with Crippen LogP contribution in [0.15, 0.2) is 0 Å². The van der Waals surface area contributed by atoms with Gasteiger partial charge in [-0.2, -0.15) is 0 Å². The van der Waals surface area contributed by atoms with Gasteiger partial charge in [-0.25, -0.2) is 0 Å². The molecular weight excluding hydrogens is 1140 g/mol. The third-order valence-corrected chi connectivity index (χ3v) is 70.6. The molecule has 16 nitrogen and oxygen atoms in total. The van der Waals surface area contributed by atoms with Crippen LogP contribution in [-0.2, 0) is 65.8 Å². The minimum Gasteiger partial charge on any atom is -0.415 e. The smallest absolute Gasteiger partial charge is 0.362 e. The first kappa shape index (κ1) is 63.4. The topological polar surface area (TPSA) is 148 Å². The van der Waals surface area contributed by atoms with Gasteiger partial charge in [-0.15, -0.1) is 0 Å². The molecule has 0 aliphatic carbocycles. The Morgan fingerprint density at radius 2 is 0.368 bits per heavy atom. The van der Waals surface area contributed by atoms with Gasteiger partial charge in [0.05, 0.1) is 0 Å². The zero-order chi connectivity index (χ0) is 50.2. The summed E-state index contributed by atoms with van der Waals surface area (Å²) >= 11 is 0. The molecule has 32 heteroatoms. The molecule has 392 valence electrons. The monoisotopic (exact) mass is 1220 g/mol. The SMILES string of the molecule is C[Si]1O[Si](C)O[Si](C)(CCCCCCCCCC[Si]2(C)O[Si](C)O[Si](C)(CCCCCCCCCC[Si]3(C)O[Si](C)O[Si](C)([Si]4(C)O[Si](C)O[Si](C)O[Si](C)O4)O[Si](C)O3)O[Si](C)O2)O[Si](C)O1. The van der Waals surface area contributed by atoms with Crippen LogP contribution in [0.4, 0.5) is 0 Å². The summed E-state index contributed by atoms with van der Waals surface area (Å²) in [6, 6.07) is 3.98. The van der Waals surface area contributed by atoms with E-state index in [4.69, 9.17) is 65.8 Å². The van der Waals surface area contributed by atoms with Crippen molar-refractivity contribution in [3.8, 4) is 0 Å². The van der Waals surface area contributed by atoms with Crippen molar-refractivity contribution in [2.24, 2.45) is 0 Å². The molecule has 0 N–H and O–H groups in total. The van der Waals surface area contributed by atoms with E-state index in [0.29, 0.717) is 0 Å². The van der Waals surface area contributed by atoms with Gasteiger partial charge in [-0.05, 0) is 129 Å². The van der Waals surface area contributed by atoms with E-state index in [2.05, 4.69) is 78.6 Å². The van der Waals surface area contributed by atoms with E-state index in [1.807, 2.05) is 26.2 Å². The van der Waals surface area contributed by atoms with Crippen LogP contribution in [-0.4, -0.2) is 143 Å². The van der Waals surface area contributed by atoms with E-state index in [9.17, 15) is 0 Å². The number of hydrogen-bond acceptors (Lipinski definition) is 16. The molecule has 0 amide bonds. The summed E-state index contributed by atoms with van der Waals surface area (Å²) in [6.45, 7) is 33.6. The summed E-state index contributed by atoms with van der Waals surface area (Å²) in [7, 11) is -29.9. The fourth-order valence-electron chi connectivity index (χ4n) is 9.36. The molecule has 0 spiro atoms. The van der Waals surface area contributed by atoms with Crippen LogP contribution in [0.2, 0.25) is 129 Å². The summed E-state index contributed by atoms with van der Waals surface area (Å²) < 4.78 is 104.